The van der Waals surface area contributed by atoms with E-state index >= 15 is 0 Å². The first kappa shape index (κ1) is 25.1. The maximum Gasteiger partial charge on any atom is 0.191 e. The van der Waals surface area contributed by atoms with Gasteiger partial charge in [0.1, 0.15) is 5.82 Å². The van der Waals surface area contributed by atoms with Crippen LogP contribution in [0.25, 0.3) is 0 Å². The van der Waals surface area contributed by atoms with Crippen molar-refractivity contribution in [2.75, 3.05) is 47.4 Å². The number of hydrogen-bond donors (Lipinski definition) is 2. The van der Waals surface area contributed by atoms with E-state index in [4.69, 9.17) is 9.73 Å². The predicted molar refractivity (Wildman–Crippen MR) is 125 cm³/mol. The molecule has 1 saturated carbocycles. The fraction of sp³-hybridized carbons (Fsp3) is 0.667. The van der Waals surface area contributed by atoms with Crippen LogP contribution in [0.15, 0.2) is 29.3 Å². The van der Waals surface area contributed by atoms with E-state index in [2.05, 4.69) is 22.5 Å². The van der Waals surface area contributed by atoms with Crippen molar-refractivity contribution in [3.8, 4) is 0 Å². The molecule has 0 aliphatic heterocycles. The molecule has 0 heterocycles. The van der Waals surface area contributed by atoms with Crippen molar-refractivity contribution in [3.63, 3.8) is 0 Å². The van der Waals surface area contributed by atoms with Crippen LogP contribution >= 0.6 is 24.0 Å². The van der Waals surface area contributed by atoms with E-state index < -0.39 is 0 Å². The number of likely N-dealkylation sites (N-methyl/N-ethyl adjacent to an activating group) is 1. The number of benzene rings is 1. The maximum absolute atomic E-state index is 13.2. The van der Waals surface area contributed by atoms with Gasteiger partial charge in [-0.25, -0.2) is 4.39 Å². The number of aliphatic imine (C=N–C) groups is 1. The number of methoxy groups -OCH3 is 1. The van der Waals surface area contributed by atoms with E-state index in [0.717, 1.165) is 37.6 Å². The molecule has 0 aromatic heterocycles. The fourth-order valence-electron chi connectivity index (χ4n) is 3.55. The summed E-state index contributed by atoms with van der Waals surface area (Å²) in [5.74, 6) is 0.635. The van der Waals surface area contributed by atoms with Gasteiger partial charge in [-0.3, -0.25) is 4.99 Å². The van der Waals surface area contributed by atoms with Crippen LogP contribution in [0.1, 0.15) is 44.2 Å². The molecule has 1 unspecified atom stereocenters. The summed E-state index contributed by atoms with van der Waals surface area (Å²) in [6.45, 7) is 5.22. The largest absolute Gasteiger partial charge is 0.385 e. The molecule has 2 rings (SSSR count). The highest BCUT2D eigenvalue weighted by Gasteiger charge is 2.36. The second kappa shape index (κ2) is 12.6. The van der Waals surface area contributed by atoms with Crippen LogP contribution < -0.4 is 10.6 Å². The van der Waals surface area contributed by atoms with Gasteiger partial charge < -0.3 is 20.3 Å². The first-order valence-electron chi connectivity index (χ1n) is 9.93. The number of nitrogens with zero attached hydrogens (tertiary/aromatic N) is 2. The van der Waals surface area contributed by atoms with E-state index in [-0.39, 0.29) is 35.8 Å². The third kappa shape index (κ3) is 7.48. The second-order valence-corrected chi connectivity index (χ2v) is 7.70. The number of guanidine groups is 1. The molecule has 1 atom stereocenters. The molecule has 5 nitrogen and oxygen atoms in total. The first-order valence-corrected chi connectivity index (χ1v) is 9.93. The van der Waals surface area contributed by atoms with E-state index in [1.54, 1.807) is 7.11 Å². The third-order valence-electron chi connectivity index (χ3n) is 5.51. The molecule has 0 bridgehead atoms. The first-order chi connectivity index (χ1) is 13.0. The molecule has 160 valence electrons. The third-order valence-corrected chi connectivity index (χ3v) is 5.51. The minimum atomic E-state index is -0.207. The molecule has 7 heteroatoms. The molecule has 1 aliphatic carbocycles. The average molecular weight is 506 g/mol. The lowest BCUT2D eigenvalue weighted by atomic mass is 9.67. The number of ether oxygens (including phenoxy) is 1. The Morgan fingerprint density at radius 1 is 1.25 bits per heavy atom. The Morgan fingerprint density at radius 3 is 2.43 bits per heavy atom. The number of rotatable bonds is 10. The van der Waals surface area contributed by atoms with E-state index in [1.165, 1.54) is 31.4 Å². The van der Waals surface area contributed by atoms with Gasteiger partial charge in [0.2, 0.25) is 0 Å². The molecule has 2 N–H and O–H groups in total. The van der Waals surface area contributed by atoms with E-state index in [0.29, 0.717) is 12.0 Å². The smallest absolute Gasteiger partial charge is 0.191 e. The van der Waals surface area contributed by atoms with E-state index in [1.807, 2.05) is 26.2 Å². The van der Waals surface area contributed by atoms with Crippen LogP contribution in [0, 0.1) is 11.2 Å². The zero-order valence-electron chi connectivity index (χ0n) is 17.6. The fourth-order valence-corrected chi connectivity index (χ4v) is 3.55. The van der Waals surface area contributed by atoms with Crippen molar-refractivity contribution in [1.29, 1.82) is 0 Å². The average Bonchev–Trinajstić information content (AvgIpc) is 2.61. The van der Waals surface area contributed by atoms with Gasteiger partial charge >= 0.3 is 0 Å². The summed E-state index contributed by atoms with van der Waals surface area (Å²) in [4.78, 5) is 6.99. The standard InChI is InChI=1S/C21H35FN4O.HI/c1-5-23-20(25-16-21(11-6-12-21)13-14-27-4)24-15-19(26(2)3)17-7-9-18(22)10-8-17;/h7-10,19H,5-6,11-16H2,1-4H3,(H2,23,24,25);1H. The van der Waals surface area contributed by atoms with Crippen LogP contribution in [0.3, 0.4) is 0 Å². The molecule has 0 saturated heterocycles. The number of hydrogen-bond acceptors (Lipinski definition) is 3. The van der Waals surface area contributed by atoms with Gasteiger partial charge in [0.15, 0.2) is 5.96 Å². The van der Waals surface area contributed by atoms with Gasteiger partial charge in [0.25, 0.3) is 0 Å². The summed E-state index contributed by atoms with van der Waals surface area (Å²) in [6, 6.07) is 6.86. The highest BCUT2D eigenvalue weighted by atomic mass is 127. The van der Waals surface area contributed by atoms with Gasteiger partial charge in [-0.1, -0.05) is 18.6 Å². The van der Waals surface area contributed by atoms with Crippen molar-refractivity contribution in [2.45, 2.75) is 38.6 Å². The molecule has 28 heavy (non-hydrogen) atoms. The van der Waals surface area contributed by atoms with Crippen LogP contribution in [0.2, 0.25) is 0 Å². The summed E-state index contributed by atoms with van der Waals surface area (Å²) in [5, 5.41) is 6.81. The minimum absolute atomic E-state index is 0. The second-order valence-electron chi connectivity index (χ2n) is 7.70. The molecule has 0 radical (unpaired) electrons. The SMILES string of the molecule is CCNC(=NCC1(CCOC)CCC1)NCC(c1ccc(F)cc1)N(C)C.I. The Kier molecular flexibility index (Phi) is 11.3. The van der Waals surface area contributed by atoms with Gasteiger partial charge in [-0.05, 0) is 63.4 Å². The normalized spacial score (nSPS) is 16.9. The molecule has 1 aromatic carbocycles. The molecule has 0 amide bonds. The lowest BCUT2D eigenvalue weighted by Gasteiger charge is -2.40. The van der Waals surface area contributed by atoms with Crippen LogP contribution in [-0.4, -0.2) is 58.3 Å². The van der Waals surface area contributed by atoms with Crippen LogP contribution in [0.5, 0.6) is 0 Å². The lowest BCUT2D eigenvalue weighted by Crippen LogP contribution is -2.43. The number of halogens is 2. The monoisotopic (exact) mass is 506 g/mol. The van der Waals surface area contributed by atoms with Crippen LogP contribution in [0.4, 0.5) is 4.39 Å². The Bertz CT molecular complexity index is 591. The summed E-state index contributed by atoms with van der Waals surface area (Å²) in [5.41, 5.74) is 1.39. The van der Waals surface area contributed by atoms with Gasteiger partial charge in [-0.2, -0.15) is 0 Å². The Labute approximate surface area is 186 Å². The quantitative estimate of drug-likeness (QED) is 0.288. The van der Waals surface area contributed by atoms with Crippen LogP contribution in [-0.2, 0) is 4.74 Å². The Balaban J connectivity index is 0.00000392. The Hall–Kier alpha value is -0.930. The summed E-state index contributed by atoms with van der Waals surface area (Å²) >= 11 is 0. The zero-order valence-corrected chi connectivity index (χ0v) is 20.0. The summed E-state index contributed by atoms with van der Waals surface area (Å²) in [7, 11) is 5.83. The topological polar surface area (TPSA) is 48.9 Å². The lowest BCUT2D eigenvalue weighted by molar-refractivity contribution is 0.0778. The maximum atomic E-state index is 13.2. The summed E-state index contributed by atoms with van der Waals surface area (Å²) in [6.07, 6.45) is 4.82. The van der Waals surface area contributed by atoms with Gasteiger partial charge in [0, 0.05) is 33.4 Å². The molecule has 1 aliphatic rings. The zero-order chi connectivity index (χ0) is 19.7. The molecular weight excluding hydrogens is 470 g/mol. The van der Waals surface area contributed by atoms with Crippen molar-refractivity contribution in [1.82, 2.24) is 15.5 Å². The van der Waals surface area contributed by atoms with Gasteiger partial charge in [-0.15, -0.1) is 24.0 Å². The minimum Gasteiger partial charge on any atom is -0.385 e. The number of nitrogens with one attached hydrogen (secondary N) is 2. The summed E-state index contributed by atoms with van der Waals surface area (Å²) < 4.78 is 18.5. The van der Waals surface area contributed by atoms with Crippen molar-refractivity contribution in [2.24, 2.45) is 10.4 Å². The molecule has 0 spiro atoms. The highest BCUT2D eigenvalue weighted by Crippen LogP contribution is 2.44. The molecule has 1 fully saturated rings. The van der Waals surface area contributed by atoms with E-state index in [9.17, 15) is 4.39 Å². The van der Waals surface area contributed by atoms with Crippen molar-refractivity contribution in [3.05, 3.63) is 35.6 Å². The molecular formula is C21H36FIN4O. The Morgan fingerprint density at radius 2 is 1.93 bits per heavy atom. The van der Waals surface area contributed by atoms with Crippen molar-refractivity contribution >= 4 is 29.9 Å². The van der Waals surface area contributed by atoms with Gasteiger partial charge in [0.05, 0.1) is 6.04 Å². The molecule has 1 aromatic rings. The predicted octanol–water partition coefficient (Wildman–Crippen LogP) is 3.81. The highest BCUT2D eigenvalue weighted by molar-refractivity contribution is 14.0. The van der Waals surface area contributed by atoms with Crippen molar-refractivity contribution < 1.29 is 9.13 Å².